The van der Waals surface area contributed by atoms with Gasteiger partial charge < -0.3 is 4.74 Å². The Bertz CT molecular complexity index is 1380. The second kappa shape index (κ2) is 9.02. The monoisotopic (exact) mass is 469 g/mol. The van der Waals surface area contributed by atoms with E-state index in [1.165, 1.54) is 24.5 Å². The smallest absolute Gasteiger partial charge is 0.270 e. The highest BCUT2D eigenvalue weighted by molar-refractivity contribution is 6.06. The molecule has 35 heavy (non-hydrogen) atoms. The van der Waals surface area contributed by atoms with Gasteiger partial charge in [0.1, 0.15) is 12.1 Å². The van der Waals surface area contributed by atoms with Gasteiger partial charge in [0.05, 0.1) is 24.1 Å². The molecule has 1 amide bonds. The van der Waals surface area contributed by atoms with E-state index in [0.29, 0.717) is 12.4 Å². The van der Waals surface area contributed by atoms with Crippen molar-refractivity contribution in [1.29, 1.82) is 0 Å². The van der Waals surface area contributed by atoms with Crippen molar-refractivity contribution in [3.63, 3.8) is 0 Å². The van der Waals surface area contributed by atoms with Crippen molar-refractivity contribution >= 4 is 17.5 Å². The number of carbonyl (C=O) groups excluding carboxylic acids is 1. The molecule has 176 valence electrons. The van der Waals surface area contributed by atoms with Crippen molar-refractivity contribution in [1.82, 2.24) is 14.8 Å². The maximum absolute atomic E-state index is 13.8. The molecule has 1 aromatic heterocycles. The molecule has 0 saturated heterocycles. The minimum Gasteiger partial charge on any atom is -0.497 e. The number of ether oxygens (including phenoxy) is 1. The van der Waals surface area contributed by atoms with Crippen LogP contribution in [-0.4, -0.2) is 32.7 Å². The van der Waals surface area contributed by atoms with Crippen LogP contribution >= 0.6 is 0 Å². The summed E-state index contributed by atoms with van der Waals surface area (Å²) in [6.07, 6.45) is 1.98. The Morgan fingerprint density at radius 1 is 1.03 bits per heavy atom. The molecule has 5 rings (SSSR count). The summed E-state index contributed by atoms with van der Waals surface area (Å²) in [5, 5.41) is 15.8. The molecule has 0 N–H and O–H groups in total. The Labute approximate surface area is 201 Å². The maximum atomic E-state index is 13.8. The predicted octanol–water partition coefficient (Wildman–Crippen LogP) is 4.88. The number of benzene rings is 3. The number of aromatic nitrogens is 3. The first kappa shape index (κ1) is 22.3. The van der Waals surface area contributed by atoms with Crippen molar-refractivity contribution < 1.29 is 14.5 Å². The Morgan fingerprint density at radius 3 is 2.40 bits per heavy atom. The van der Waals surface area contributed by atoms with Gasteiger partial charge in [-0.3, -0.25) is 19.8 Å². The Hall–Kier alpha value is -4.53. The van der Waals surface area contributed by atoms with Gasteiger partial charge >= 0.3 is 0 Å². The van der Waals surface area contributed by atoms with E-state index < -0.39 is 4.92 Å². The zero-order valence-corrected chi connectivity index (χ0v) is 19.2. The minimum absolute atomic E-state index is 0.141. The Morgan fingerprint density at radius 2 is 1.71 bits per heavy atom. The van der Waals surface area contributed by atoms with Crippen molar-refractivity contribution in [2.45, 2.75) is 25.4 Å². The molecule has 0 aliphatic carbocycles. The number of hydrogen-bond donors (Lipinski definition) is 0. The van der Waals surface area contributed by atoms with Crippen molar-refractivity contribution in [3.05, 3.63) is 111 Å². The normalized spacial score (nSPS) is 17.0. The summed E-state index contributed by atoms with van der Waals surface area (Å²) in [6, 6.07) is 21.0. The number of rotatable bonds is 5. The quantitative estimate of drug-likeness (QED) is 0.305. The van der Waals surface area contributed by atoms with Crippen LogP contribution in [0.2, 0.25) is 0 Å². The number of nitrogens with zero attached hydrogens (tertiary/aromatic N) is 5. The molecule has 1 aliphatic heterocycles. The van der Waals surface area contributed by atoms with Crippen LogP contribution in [0.5, 0.6) is 5.75 Å². The van der Waals surface area contributed by atoms with Crippen LogP contribution in [-0.2, 0) is 0 Å². The van der Waals surface area contributed by atoms with E-state index >= 15 is 0 Å². The maximum Gasteiger partial charge on any atom is 0.270 e. The van der Waals surface area contributed by atoms with E-state index in [-0.39, 0.29) is 29.2 Å². The van der Waals surface area contributed by atoms with Gasteiger partial charge in [0.15, 0.2) is 0 Å². The highest BCUT2D eigenvalue weighted by Crippen LogP contribution is 2.42. The van der Waals surface area contributed by atoms with Crippen LogP contribution in [0.4, 0.5) is 11.6 Å². The first-order valence-electron chi connectivity index (χ1n) is 11.1. The lowest BCUT2D eigenvalue weighted by Gasteiger charge is -2.39. The van der Waals surface area contributed by atoms with Gasteiger partial charge in [-0.15, -0.1) is 0 Å². The molecule has 0 saturated carbocycles. The van der Waals surface area contributed by atoms with Gasteiger partial charge in [-0.05, 0) is 42.7 Å². The van der Waals surface area contributed by atoms with Gasteiger partial charge in [-0.2, -0.15) is 10.1 Å². The number of anilines is 1. The van der Waals surface area contributed by atoms with Crippen LogP contribution in [0.3, 0.4) is 0 Å². The fourth-order valence-electron chi connectivity index (χ4n) is 4.49. The predicted molar refractivity (Wildman–Crippen MR) is 130 cm³/mol. The number of carbonyl (C=O) groups is 1. The third-order valence-electron chi connectivity index (χ3n) is 6.31. The average Bonchev–Trinajstić information content (AvgIpc) is 3.38. The highest BCUT2D eigenvalue weighted by Gasteiger charge is 2.40. The Kier molecular flexibility index (Phi) is 5.74. The lowest BCUT2D eigenvalue weighted by Crippen LogP contribution is -2.42. The highest BCUT2D eigenvalue weighted by atomic mass is 16.6. The van der Waals surface area contributed by atoms with Gasteiger partial charge in [0, 0.05) is 17.7 Å². The molecule has 0 spiro atoms. The third-order valence-corrected chi connectivity index (χ3v) is 6.31. The fourth-order valence-corrected chi connectivity index (χ4v) is 4.49. The molecular formula is C26H23N5O4. The molecule has 0 radical (unpaired) electrons. The van der Waals surface area contributed by atoms with E-state index in [0.717, 1.165) is 22.4 Å². The van der Waals surface area contributed by atoms with E-state index in [1.807, 2.05) is 55.5 Å². The molecule has 4 aromatic rings. The van der Waals surface area contributed by atoms with Crippen LogP contribution in [0.25, 0.3) is 0 Å². The molecule has 9 heteroatoms. The van der Waals surface area contributed by atoms with Gasteiger partial charge in [0.25, 0.3) is 11.6 Å². The fraction of sp³-hybridized carbons (Fsp3) is 0.192. The second-order valence-electron chi connectivity index (χ2n) is 8.44. The number of nitro groups is 1. The first-order valence-corrected chi connectivity index (χ1v) is 11.1. The molecule has 0 fully saturated rings. The standard InChI is InChI=1S/C26H23N5O4/c1-17-6-8-18(9-7-17)23-15-24(19-10-12-22(35-2)13-11-19)30-26(27-16-28-30)29(23)25(32)20-4-3-5-21(14-20)31(33)34/h3-14,16,23-24H,15H2,1-2H3/t23-,24-/m1/s1. The van der Waals surface area contributed by atoms with Crippen LogP contribution in [0.15, 0.2) is 79.1 Å². The number of nitro benzene ring substituents is 1. The van der Waals surface area contributed by atoms with Gasteiger partial charge in [-0.1, -0.05) is 48.0 Å². The number of aryl methyl sites for hydroxylation is 1. The molecule has 0 unspecified atom stereocenters. The summed E-state index contributed by atoms with van der Waals surface area (Å²) in [6.45, 7) is 2.01. The summed E-state index contributed by atoms with van der Waals surface area (Å²) >= 11 is 0. The average molecular weight is 470 g/mol. The summed E-state index contributed by atoms with van der Waals surface area (Å²) in [4.78, 5) is 30.7. The number of non-ortho nitro benzene ring substituents is 1. The number of methoxy groups -OCH3 is 1. The SMILES string of the molecule is COc1ccc([C@H]2C[C@H](c3ccc(C)cc3)N(C(=O)c3cccc([N+](=O)[O-])c3)c3ncnn32)cc1. The largest absolute Gasteiger partial charge is 0.497 e. The summed E-state index contributed by atoms with van der Waals surface area (Å²) in [5.74, 6) is 0.766. The molecule has 2 atom stereocenters. The number of amides is 1. The molecule has 2 heterocycles. The van der Waals surface area contributed by atoms with E-state index in [1.54, 1.807) is 22.8 Å². The first-order chi connectivity index (χ1) is 17.0. The van der Waals surface area contributed by atoms with Crippen LogP contribution in [0.1, 0.15) is 45.6 Å². The zero-order valence-electron chi connectivity index (χ0n) is 19.2. The molecule has 1 aliphatic rings. The lowest BCUT2D eigenvalue weighted by atomic mass is 9.91. The molecular weight excluding hydrogens is 446 g/mol. The molecule has 9 nitrogen and oxygen atoms in total. The van der Waals surface area contributed by atoms with Crippen molar-refractivity contribution in [2.75, 3.05) is 12.0 Å². The third kappa shape index (κ3) is 4.12. The summed E-state index contributed by atoms with van der Waals surface area (Å²) in [5.41, 5.74) is 3.14. The summed E-state index contributed by atoms with van der Waals surface area (Å²) < 4.78 is 7.04. The second-order valence-corrected chi connectivity index (χ2v) is 8.44. The molecule has 3 aromatic carbocycles. The zero-order chi connectivity index (χ0) is 24.5. The van der Waals surface area contributed by atoms with Crippen LogP contribution < -0.4 is 9.64 Å². The number of fused-ring (bicyclic) bond motifs is 1. The number of hydrogen-bond acceptors (Lipinski definition) is 6. The van der Waals surface area contributed by atoms with Gasteiger partial charge in [-0.25, -0.2) is 4.68 Å². The van der Waals surface area contributed by atoms with Crippen LogP contribution in [0, 0.1) is 17.0 Å². The molecule has 0 bridgehead atoms. The summed E-state index contributed by atoms with van der Waals surface area (Å²) in [7, 11) is 1.62. The lowest BCUT2D eigenvalue weighted by molar-refractivity contribution is -0.384. The van der Waals surface area contributed by atoms with E-state index in [4.69, 9.17) is 4.74 Å². The minimum atomic E-state index is -0.507. The van der Waals surface area contributed by atoms with Crippen molar-refractivity contribution in [2.24, 2.45) is 0 Å². The topological polar surface area (TPSA) is 103 Å². The van der Waals surface area contributed by atoms with E-state index in [2.05, 4.69) is 10.1 Å². The van der Waals surface area contributed by atoms with Gasteiger partial charge in [0.2, 0.25) is 5.95 Å². The van der Waals surface area contributed by atoms with Crippen molar-refractivity contribution in [3.8, 4) is 5.75 Å². The van der Waals surface area contributed by atoms with E-state index in [9.17, 15) is 14.9 Å². The Balaban J connectivity index is 1.63.